The summed E-state index contributed by atoms with van der Waals surface area (Å²) in [6.45, 7) is 0. The van der Waals surface area contributed by atoms with Gasteiger partial charge in [-0.3, -0.25) is 9.69 Å². The molecule has 0 N–H and O–H groups in total. The van der Waals surface area contributed by atoms with E-state index in [2.05, 4.69) is 20.9 Å². The maximum absolute atomic E-state index is 13.3. The largest absolute Gasteiger partial charge is 0.497 e. The fourth-order valence-corrected chi connectivity index (χ4v) is 3.54. The van der Waals surface area contributed by atoms with Crippen LogP contribution < -0.4 is 9.64 Å². The Morgan fingerprint density at radius 2 is 1.76 bits per heavy atom. The summed E-state index contributed by atoms with van der Waals surface area (Å²) in [7, 11) is 1.62. The molecule has 1 aliphatic heterocycles. The number of rotatable bonds is 4. The van der Waals surface area contributed by atoms with Gasteiger partial charge in [-0.15, -0.1) is 0 Å². The van der Waals surface area contributed by atoms with Crippen molar-refractivity contribution in [2.45, 2.75) is 0 Å². The molecule has 29 heavy (non-hydrogen) atoms. The van der Waals surface area contributed by atoms with Crippen molar-refractivity contribution in [2.24, 2.45) is 4.99 Å². The van der Waals surface area contributed by atoms with Crippen molar-refractivity contribution in [3.8, 4) is 5.75 Å². The van der Waals surface area contributed by atoms with Gasteiger partial charge in [-0.1, -0.05) is 45.7 Å². The Bertz CT molecular complexity index is 1120. The van der Waals surface area contributed by atoms with Crippen molar-refractivity contribution in [1.29, 1.82) is 0 Å². The number of aliphatic imine (C=N–C) groups is 1. The molecule has 144 valence electrons. The van der Waals surface area contributed by atoms with E-state index < -0.39 is 0 Å². The molecule has 0 saturated heterocycles. The van der Waals surface area contributed by atoms with E-state index in [1.165, 1.54) is 0 Å². The van der Waals surface area contributed by atoms with Crippen LogP contribution in [0.4, 0.5) is 5.69 Å². The second-order valence-electron chi connectivity index (χ2n) is 6.37. The molecule has 0 spiro atoms. The first-order valence-electron chi connectivity index (χ1n) is 8.85. The van der Waals surface area contributed by atoms with Gasteiger partial charge in [0.15, 0.2) is 0 Å². The zero-order valence-electron chi connectivity index (χ0n) is 15.5. The van der Waals surface area contributed by atoms with Gasteiger partial charge in [0.2, 0.25) is 0 Å². The third-order valence-electron chi connectivity index (χ3n) is 4.45. The Labute approximate surface area is 182 Å². The molecule has 1 heterocycles. The van der Waals surface area contributed by atoms with E-state index in [0.717, 1.165) is 27.0 Å². The average molecular weight is 468 g/mol. The van der Waals surface area contributed by atoms with Gasteiger partial charge >= 0.3 is 0 Å². The number of amidine groups is 1. The number of amides is 1. The van der Waals surface area contributed by atoms with Crippen molar-refractivity contribution in [1.82, 2.24) is 0 Å². The summed E-state index contributed by atoms with van der Waals surface area (Å²) in [5.74, 6) is 1.12. The molecular formula is C23H16BrClN2O2. The van der Waals surface area contributed by atoms with Gasteiger partial charge in [-0.2, -0.15) is 0 Å². The van der Waals surface area contributed by atoms with E-state index in [-0.39, 0.29) is 5.91 Å². The molecule has 0 atom stereocenters. The SMILES string of the molecule is COc1ccc(/C=C2/N=C(c3ccc(Cl)cc3)N(c3cccc(Br)c3)C2=O)cc1. The average Bonchev–Trinajstić information content (AvgIpc) is 3.05. The van der Waals surface area contributed by atoms with Gasteiger partial charge in [-0.05, 0) is 66.2 Å². The lowest BCUT2D eigenvalue weighted by atomic mass is 10.1. The highest BCUT2D eigenvalue weighted by Crippen LogP contribution is 2.30. The van der Waals surface area contributed by atoms with Gasteiger partial charge in [0.25, 0.3) is 5.91 Å². The molecule has 4 nitrogen and oxygen atoms in total. The molecule has 0 bridgehead atoms. The van der Waals surface area contributed by atoms with Crippen molar-refractivity contribution < 1.29 is 9.53 Å². The van der Waals surface area contributed by atoms with Crippen LogP contribution in [0.1, 0.15) is 11.1 Å². The Morgan fingerprint density at radius 1 is 1.03 bits per heavy atom. The number of hydrogen-bond acceptors (Lipinski definition) is 3. The van der Waals surface area contributed by atoms with Crippen LogP contribution in [0.2, 0.25) is 5.02 Å². The predicted molar refractivity (Wildman–Crippen MR) is 121 cm³/mol. The second-order valence-corrected chi connectivity index (χ2v) is 7.72. The van der Waals surface area contributed by atoms with Crippen LogP contribution in [0.15, 0.2) is 88.0 Å². The smallest absolute Gasteiger partial charge is 0.282 e. The standard InChI is InChI=1S/C23H16BrClN2O2/c1-29-20-11-5-15(6-12-20)13-21-23(28)27(19-4-2-3-17(24)14-19)22(26-21)16-7-9-18(25)10-8-16/h2-14H,1H3/b21-13+. The van der Waals surface area contributed by atoms with Crippen molar-refractivity contribution in [3.63, 3.8) is 0 Å². The van der Waals surface area contributed by atoms with Crippen LogP contribution in [0.25, 0.3) is 6.08 Å². The van der Waals surface area contributed by atoms with Crippen LogP contribution in [-0.4, -0.2) is 18.9 Å². The molecule has 0 unspecified atom stereocenters. The Kier molecular flexibility index (Phi) is 5.51. The lowest BCUT2D eigenvalue weighted by Gasteiger charge is -2.18. The molecule has 0 saturated carbocycles. The second kappa shape index (κ2) is 8.23. The van der Waals surface area contributed by atoms with Gasteiger partial charge in [-0.25, -0.2) is 4.99 Å². The van der Waals surface area contributed by atoms with E-state index in [1.807, 2.05) is 60.7 Å². The lowest BCUT2D eigenvalue weighted by molar-refractivity contribution is -0.113. The number of methoxy groups -OCH3 is 1. The maximum Gasteiger partial charge on any atom is 0.282 e. The van der Waals surface area contributed by atoms with Gasteiger partial charge in [0.05, 0.1) is 12.8 Å². The van der Waals surface area contributed by atoms with E-state index in [1.54, 1.807) is 30.2 Å². The molecule has 0 aromatic heterocycles. The van der Waals surface area contributed by atoms with Crippen molar-refractivity contribution in [3.05, 3.63) is 99.1 Å². The number of nitrogens with zero attached hydrogens (tertiary/aromatic N) is 2. The van der Waals surface area contributed by atoms with Crippen LogP contribution in [0, 0.1) is 0 Å². The normalized spacial score (nSPS) is 15.0. The summed E-state index contributed by atoms with van der Waals surface area (Å²) in [6, 6.07) is 22.3. The van der Waals surface area contributed by atoms with E-state index >= 15 is 0 Å². The van der Waals surface area contributed by atoms with E-state index in [0.29, 0.717) is 16.6 Å². The topological polar surface area (TPSA) is 41.9 Å². The molecule has 0 radical (unpaired) electrons. The molecular weight excluding hydrogens is 452 g/mol. The molecule has 0 fully saturated rings. The molecule has 1 amide bonds. The number of benzene rings is 3. The fraction of sp³-hybridized carbons (Fsp3) is 0.0435. The predicted octanol–water partition coefficient (Wildman–Crippen LogP) is 5.95. The zero-order valence-corrected chi connectivity index (χ0v) is 17.8. The highest BCUT2D eigenvalue weighted by Gasteiger charge is 2.32. The molecule has 0 aliphatic carbocycles. The number of halogens is 2. The third kappa shape index (κ3) is 4.11. The molecule has 4 rings (SSSR count). The van der Waals surface area contributed by atoms with Crippen LogP contribution in [0.5, 0.6) is 5.75 Å². The molecule has 3 aromatic rings. The minimum Gasteiger partial charge on any atom is -0.497 e. The molecule has 3 aromatic carbocycles. The Morgan fingerprint density at radius 3 is 2.41 bits per heavy atom. The number of anilines is 1. The molecule has 6 heteroatoms. The Hall–Kier alpha value is -2.89. The third-order valence-corrected chi connectivity index (χ3v) is 5.19. The summed E-state index contributed by atoms with van der Waals surface area (Å²) in [4.78, 5) is 19.5. The zero-order chi connectivity index (χ0) is 20.4. The summed E-state index contributed by atoms with van der Waals surface area (Å²) in [5, 5.41) is 0.627. The monoisotopic (exact) mass is 466 g/mol. The summed E-state index contributed by atoms with van der Waals surface area (Å²) < 4.78 is 6.07. The van der Waals surface area contributed by atoms with Crippen LogP contribution in [-0.2, 0) is 4.79 Å². The van der Waals surface area contributed by atoms with E-state index in [9.17, 15) is 4.79 Å². The minimum absolute atomic E-state index is 0.191. The first-order chi connectivity index (χ1) is 14.0. The van der Waals surface area contributed by atoms with E-state index in [4.69, 9.17) is 16.3 Å². The highest BCUT2D eigenvalue weighted by atomic mass is 79.9. The van der Waals surface area contributed by atoms with Gasteiger partial charge in [0.1, 0.15) is 17.3 Å². The van der Waals surface area contributed by atoms with Gasteiger partial charge in [0, 0.05) is 15.1 Å². The maximum atomic E-state index is 13.3. The quantitative estimate of drug-likeness (QED) is 0.445. The lowest BCUT2D eigenvalue weighted by Crippen LogP contribution is -2.32. The minimum atomic E-state index is -0.191. The highest BCUT2D eigenvalue weighted by molar-refractivity contribution is 9.10. The van der Waals surface area contributed by atoms with Crippen LogP contribution >= 0.6 is 27.5 Å². The van der Waals surface area contributed by atoms with Crippen molar-refractivity contribution >= 4 is 51.0 Å². The first kappa shape index (κ1) is 19.4. The number of carbonyl (C=O) groups is 1. The number of ether oxygens (including phenoxy) is 1. The summed E-state index contributed by atoms with van der Waals surface area (Å²) in [5.41, 5.74) is 2.77. The summed E-state index contributed by atoms with van der Waals surface area (Å²) >= 11 is 9.51. The Balaban J connectivity index is 1.80. The molecule has 1 aliphatic rings. The first-order valence-corrected chi connectivity index (χ1v) is 10.0. The van der Waals surface area contributed by atoms with Crippen molar-refractivity contribution in [2.75, 3.05) is 12.0 Å². The van der Waals surface area contributed by atoms with Crippen LogP contribution in [0.3, 0.4) is 0 Å². The fourth-order valence-electron chi connectivity index (χ4n) is 3.02. The van der Waals surface area contributed by atoms with Gasteiger partial charge < -0.3 is 4.74 Å². The number of hydrogen-bond donors (Lipinski definition) is 0. The summed E-state index contributed by atoms with van der Waals surface area (Å²) in [6.07, 6.45) is 1.77. The number of carbonyl (C=O) groups excluding carboxylic acids is 1.